The summed E-state index contributed by atoms with van der Waals surface area (Å²) in [5, 5.41) is 1.33. The zero-order chi connectivity index (χ0) is 16.3. The van der Waals surface area contributed by atoms with Gasteiger partial charge in [0.2, 0.25) is 0 Å². The van der Waals surface area contributed by atoms with Crippen molar-refractivity contribution in [3.05, 3.63) is 12.2 Å². The molecule has 0 bridgehead atoms. The topological polar surface area (TPSA) is 141 Å². The van der Waals surface area contributed by atoms with Crippen LogP contribution in [0.15, 0.2) is 12.2 Å². The highest BCUT2D eigenvalue weighted by atomic mass is 31.2. The van der Waals surface area contributed by atoms with Crippen LogP contribution in [-0.2, 0) is 28.3 Å². The molecule has 0 aromatic heterocycles. The molecule has 0 spiro atoms. The third-order valence-corrected chi connectivity index (χ3v) is 2.29. The number of ether oxygens (including phenoxy) is 4. The average molecular weight is 327 g/mol. The van der Waals surface area contributed by atoms with Gasteiger partial charge in [0.25, 0.3) is 0 Å². The predicted molar refractivity (Wildman–Crippen MR) is 69.3 cm³/mol. The zero-order valence-electron chi connectivity index (χ0n) is 11.4. The Bertz CT molecular complexity index is 405. The van der Waals surface area contributed by atoms with E-state index in [4.69, 9.17) is 19.3 Å². The first-order valence-electron chi connectivity index (χ1n) is 5.68. The molecule has 0 fully saturated rings. The lowest BCUT2D eigenvalue weighted by Gasteiger charge is -2.08. The fraction of sp³-hybridized carbons (Fsp3) is 0.600. The van der Waals surface area contributed by atoms with Gasteiger partial charge in [-0.15, -0.1) is 0 Å². The van der Waals surface area contributed by atoms with E-state index >= 15 is 0 Å². The van der Waals surface area contributed by atoms with E-state index < -0.39 is 19.8 Å². The molecule has 0 aromatic carbocycles. The maximum Gasteiger partial charge on any atom is 0.432 e. The minimum Gasteiger partial charge on any atom is -0.466 e. The first-order valence-corrected chi connectivity index (χ1v) is 7.29. The largest absolute Gasteiger partial charge is 0.466 e. The molecule has 122 valence electrons. The molecule has 0 aliphatic heterocycles. The Morgan fingerprint density at radius 2 is 1.71 bits per heavy atom. The number of hydrogen-bond acceptors (Lipinski definition) is 7. The van der Waals surface area contributed by atoms with Crippen molar-refractivity contribution < 1.29 is 42.9 Å². The first kappa shape index (κ1) is 19.6. The van der Waals surface area contributed by atoms with Gasteiger partial charge in [-0.3, -0.25) is 0 Å². The predicted octanol–water partition coefficient (Wildman–Crippen LogP) is -0.432. The summed E-state index contributed by atoms with van der Waals surface area (Å²) < 4.78 is 29.3. The summed E-state index contributed by atoms with van der Waals surface area (Å²) in [6, 6.07) is 0. The second kappa shape index (κ2) is 10.3. The number of rotatable bonds is 10. The van der Waals surface area contributed by atoms with Crippen molar-refractivity contribution in [1.29, 1.82) is 0 Å². The summed E-state index contributed by atoms with van der Waals surface area (Å²) in [5.74, 6) is -0.555. The van der Waals surface area contributed by atoms with Crippen molar-refractivity contribution >= 4 is 19.8 Å². The van der Waals surface area contributed by atoms with Crippen molar-refractivity contribution in [2.45, 2.75) is 0 Å². The minimum atomic E-state index is -4.64. The van der Waals surface area contributed by atoms with Crippen LogP contribution in [0.25, 0.3) is 0 Å². The molecule has 1 amide bonds. The van der Waals surface area contributed by atoms with Gasteiger partial charge < -0.3 is 28.7 Å². The SMILES string of the molecule is C=C(COCCOCCOC(=O)NP(=O)(O)O)C(=O)OC. The quantitative estimate of drug-likeness (QED) is 0.211. The lowest BCUT2D eigenvalue weighted by molar-refractivity contribution is -0.136. The van der Waals surface area contributed by atoms with E-state index in [-0.39, 0.29) is 38.6 Å². The highest BCUT2D eigenvalue weighted by molar-refractivity contribution is 7.50. The molecule has 11 heteroatoms. The number of hydrogen-bond donors (Lipinski definition) is 3. The fourth-order valence-electron chi connectivity index (χ4n) is 0.963. The number of methoxy groups -OCH3 is 1. The Hall–Kier alpha value is -1.45. The van der Waals surface area contributed by atoms with Crippen molar-refractivity contribution in [2.24, 2.45) is 0 Å². The van der Waals surface area contributed by atoms with E-state index in [0.717, 1.165) is 0 Å². The van der Waals surface area contributed by atoms with Crippen LogP contribution >= 0.6 is 7.75 Å². The molecular weight excluding hydrogens is 309 g/mol. The summed E-state index contributed by atoms with van der Waals surface area (Å²) in [5.41, 5.74) is 0.176. The van der Waals surface area contributed by atoms with E-state index in [1.807, 2.05) is 0 Å². The van der Waals surface area contributed by atoms with Crippen molar-refractivity contribution in [2.75, 3.05) is 40.1 Å². The van der Waals surface area contributed by atoms with Gasteiger partial charge in [0.05, 0.1) is 39.1 Å². The maximum absolute atomic E-state index is 10.9. The number of carbonyl (C=O) groups is 2. The van der Waals surface area contributed by atoms with Crippen LogP contribution in [-0.4, -0.2) is 62.0 Å². The molecule has 0 unspecified atom stereocenters. The van der Waals surface area contributed by atoms with Gasteiger partial charge in [0.15, 0.2) is 0 Å². The molecule has 0 atom stereocenters. The van der Waals surface area contributed by atoms with E-state index in [1.54, 1.807) is 0 Å². The molecule has 0 radical (unpaired) electrons. The van der Waals surface area contributed by atoms with Crippen LogP contribution in [0.1, 0.15) is 0 Å². The van der Waals surface area contributed by atoms with Crippen molar-refractivity contribution in [1.82, 2.24) is 5.09 Å². The van der Waals surface area contributed by atoms with E-state index in [2.05, 4.69) is 16.1 Å². The van der Waals surface area contributed by atoms with Crippen LogP contribution in [0.4, 0.5) is 4.79 Å². The Labute approximate surface area is 121 Å². The summed E-state index contributed by atoms with van der Waals surface area (Å²) in [4.78, 5) is 38.5. The Morgan fingerprint density at radius 1 is 1.14 bits per heavy atom. The third-order valence-electron chi connectivity index (χ3n) is 1.82. The molecule has 0 heterocycles. The summed E-state index contributed by atoms with van der Waals surface area (Å²) in [6.45, 7) is 3.67. The van der Waals surface area contributed by atoms with Crippen LogP contribution in [0.3, 0.4) is 0 Å². The number of amides is 1. The standard InChI is InChI=1S/C10H18NO9P/c1-8(9(12)17-2)7-19-4-3-18-5-6-20-10(13)11-21(14,15)16/h1,3-7H2,2H3,(H3,11,13,14,15,16). The van der Waals surface area contributed by atoms with E-state index in [1.165, 1.54) is 12.2 Å². The van der Waals surface area contributed by atoms with Gasteiger partial charge in [-0.2, -0.15) is 0 Å². The van der Waals surface area contributed by atoms with Gasteiger partial charge in [0, 0.05) is 0 Å². The minimum absolute atomic E-state index is 0.0111. The van der Waals surface area contributed by atoms with Gasteiger partial charge in [-0.25, -0.2) is 19.2 Å². The number of esters is 1. The fourth-order valence-corrected chi connectivity index (χ4v) is 1.27. The Morgan fingerprint density at radius 3 is 2.29 bits per heavy atom. The van der Waals surface area contributed by atoms with E-state index in [0.29, 0.717) is 0 Å². The maximum atomic E-state index is 10.9. The normalized spacial score (nSPS) is 10.8. The molecule has 0 saturated heterocycles. The molecule has 21 heavy (non-hydrogen) atoms. The monoisotopic (exact) mass is 327 g/mol. The summed E-state index contributed by atoms with van der Waals surface area (Å²) >= 11 is 0. The molecule has 10 nitrogen and oxygen atoms in total. The second-order valence-corrected chi connectivity index (χ2v) is 4.86. The third kappa shape index (κ3) is 12.0. The highest BCUT2D eigenvalue weighted by Gasteiger charge is 2.17. The second-order valence-electron chi connectivity index (χ2n) is 3.55. The molecule has 0 saturated carbocycles. The highest BCUT2D eigenvalue weighted by Crippen LogP contribution is 2.27. The van der Waals surface area contributed by atoms with Gasteiger partial charge in [-0.1, -0.05) is 6.58 Å². The molecule has 0 aliphatic rings. The van der Waals surface area contributed by atoms with Crippen LogP contribution in [0.5, 0.6) is 0 Å². The molecule has 3 N–H and O–H groups in total. The van der Waals surface area contributed by atoms with Gasteiger partial charge in [-0.05, 0) is 0 Å². The summed E-state index contributed by atoms with van der Waals surface area (Å²) in [6.07, 6.45) is -1.24. The lowest BCUT2D eigenvalue weighted by atomic mass is 10.3. The number of nitrogens with one attached hydrogen (secondary N) is 1. The smallest absolute Gasteiger partial charge is 0.432 e. The number of carbonyl (C=O) groups excluding carboxylic acids is 2. The van der Waals surface area contributed by atoms with E-state index in [9.17, 15) is 14.2 Å². The van der Waals surface area contributed by atoms with Gasteiger partial charge >= 0.3 is 19.8 Å². The Balaban J connectivity index is 3.45. The average Bonchev–Trinajstić information content (AvgIpc) is 2.38. The van der Waals surface area contributed by atoms with Crippen LogP contribution in [0, 0.1) is 0 Å². The molecule has 0 aromatic rings. The lowest BCUT2D eigenvalue weighted by Crippen LogP contribution is -2.23. The zero-order valence-corrected chi connectivity index (χ0v) is 12.3. The molecule has 0 aliphatic carbocycles. The molecule has 0 rings (SSSR count). The van der Waals surface area contributed by atoms with Crippen molar-refractivity contribution in [3.63, 3.8) is 0 Å². The van der Waals surface area contributed by atoms with Gasteiger partial charge in [0.1, 0.15) is 6.61 Å². The first-order chi connectivity index (χ1) is 9.76. The van der Waals surface area contributed by atoms with Crippen LogP contribution < -0.4 is 5.09 Å². The Kier molecular flexibility index (Phi) is 9.59. The molecular formula is C10H18NO9P. The summed E-state index contributed by atoms with van der Waals surface area (Å²) in [7, 11) is -3.41. The van der Waals surface area contributed by atoms with Crippen LogP contribution in [0.2, 0.25) is 0 Å². The van der Waals surface area contributed by atoms with Crippen molar-refractivity contribution in [3.8, 4) is 0 Å².